The summed E-state index contributed by atoms with van der Waals surface area (Å²) in [5.41, 5.74) is 4.68. The molecule has 3 N–H and O–H groups in total. The molecule has 6 nitrogen and oxygen atoms in total. The Bertz CT molecular complexity index is 675. The van der Waals surface area contributed by atoms with Crippen LogP contribution < -0.4 is 10.5 Å². The van der Waals surface area contributed by atoms with E-state index in [-0.39, 0.29) is 29.4 Å². The van der Waals surface area contributed by atoms with Crippen molar-refractivity contribution in [3.63, 3.8) is 0 Å². The van der Waals surface area contributed by atoms with E-state index in [1.807, 2.05) is 0 Å². The first-order valence-corrected chi connectivity index (χ1v) is 8.44. The van der Waals surface area contributed by atoms with E-state index in [9.17, 15) is 17.6 Å². The molecule has 1 aliphatic rings. The summed E-state index contributed by atoms with van der Waals surface area (Å²) in [5, 5.41) is 0. The number of nitrogens with one attached hydrogen (secondary N) is 1. The Kier molecular flexibility index (Phi) is 6.52. The van der Waals surface area contributed by atoms with Gasteiger partial charge in [0.15, 0.2) is 0 Å². The molecule has 0 spiro atoms. The highest BCUT2D eigenvalue weighted by Crippen LogP contribution is 2.31. The van der Waals surface area contributed by atoms with Crippen LogP contribution in [0.4, 0.5) is 4.39 Å². The molecule has 1 aliphatic carbocycles. The number of methoxy groups -OCH3 is 1. The van der Waals surface area contributed by atoms with Crippen molar-refractivity contribution in [3.8, 4) is 0 Å². The second kappa shape index (κ2) is 7.57. The molecule has 0 aromatic heterocycles. The molecule has 0 radical (unpaired) electrons. The largest absolute Gasteiger partial charge is 0.465 e. The molecule has 9 heteroatoms. The van der Waals surface area contributed by atoms with E-state index in [1.165, 1.54) is 0 Å². The van der Waals surface area contributed by atoms with Crippen molar-refractivity contribution < 1.29 is 22.3 Å². The molecule has 0 amide bonds. The summed E-state index contributed by atoms with van der Waals surface area (Å²) in [6.07, 6.45) is 3.04. The maximum Gasteiger partial charge on any atom is 0.339 e. The molecule has 0 bridgehead atoms. The molecule has 1 aromatic rings. The van der Waals surface area contributed by atoms with Crippen LogP contribution in [0.1, 0.15) is 36.0 Å². The van der Waals surface area contributed by atoms with Gasteiger partial charge in [0.25, 0.3) is 0 Å². The summed E-state index contributed by atoms with van der Waals surface area (Å²) >= 11 is 0. The van der Waals surface area contributed by atoms with E-state index in [0.717, 1.165) is 38.2 Å². The highest BCUT2D eigenvalue weighted by atomic mass is 35.5. The Morgan fingerprint density at radius 3 is 2.52 bits per heavy atom. The van der Waals surface area contributed by atoms with Crippen LogP contribution in [-0.2, 0) is 14.8 Å². The first-order chi connectivity index (χ1) is 10.3. The average Bonchev–Trinajstić information content (AvgIpc) is 2.94. The smallest absolute Gasteiger partial charge is 0.339 e. The zero-order valence-corrected chi connectivity index (χ0v) is 14.3. The van der Waals surface area contributed by atoms with E-state index in [4.69, 9.17) is 5.73 Å². The van der Waals surface area contributed by atoms with Gasteiger partial charge in [-0.15, -0.1) is 12.4 Å². The third-order valence-corrected chi connectivity index (χ3v) is 5.58. The summed E-state index contributed by atoms with van der Waals surface area (Å²) < 4.78 is 45.7. The number of rotatable bonds is 5. The minimum absolute atomic E-state index is 0. The molecule has 1 aromatic carbocycles. The number of hydrogen-bond donors (Lipinski definition) is 2. The maximum atomic E-state index is 13.3. The van der Waals surface area contributed by atoms with E-state index < -0.39 is 27.3 Å². The molecule has 0 atom stereocenters. The van der Waals surface area contributed by atoms with Crippen molar-refractivity contribution in [2.75, 3.05) is 13.7 Å². The lowest BCUT2D eigenvalue weighted by atomic mass is 10.0. The number of nitrogens with two attached hydrogens (primary N) is 1. The highest BCUT2D eigenvalue weighted by Gasteiger charge is 2.38. The number of carbonyl (C=O) groups is 1. The fraction of sp³-hybridized carbons (Fsp3) is 0.500. The number of halogens is 2. The lowest BCUT2D eigenvalue weighted by molar-refractivity contribution is 0.0595. The molecule has 0 aliphatic heterocycles. The fourth-order valence-electron chi connectivity index (χ4n) is 2.75. The SMILES string of the molecule is COC(=O)c1cc(F)ccc1S(=O)(=O)NC1(CN)CCCC1.Cl. The van der Waals surface area contributed by atoms with Crippen LogP contribution in [0, 0.1) is 5.82 Å². The van der Waals surface area contributed by atoms with Gasteiger partial charge in [0.2, 0.25) is 10.0 Å². The average molecular weight is 367 g/mol. The first kappa shape index (κ1) is 19.8. The third-order valence-electron chi connectivity index (χ3n) is 3.94. The first-order valence-electron chi connectivity index (χ1n) is 6.95. The van der Waals surface area contributed by atoms with Gasteiger partial charge in [-0.1, -0.05) is 12.8 Å². The van der Waals surface area contributed by atoms with Gasteiger partial charge in [0.1, 0.15) is 5.82 Å². The third kappa shape index (κ3) is 4.20. The van der Waals surface area contributed by atoms with E-state index in [2.05, 4.69) is 9.46 Å². The summed E-state index contributed by atoms with van der Waals surface area (Å²) in [6.45, 7) is 0.168. The van der Waals surface area contributed by atoms with Crippen molar-refractivity contribution in [1.29, 1.82) is 0 Å². The topological polar surface area (TPSA) is 98.5 Å². The van der Waals surface area contributed by atoms with Crippen molar-refractivity contribution in [2.45, 2.75) is 36.1 Å². The molecule has 1 fully saturated rings. The van der Waals surface area contributed by atoms with Crippen molar-refractivity contribution in [1.82, 2.24) is 4.72 Å². The minimum Gasteiger partial charge on any atom is -0.465 e. The standard InChI is InChI=1S/C14H19FN2O4S.ClH/c1-21-13(18)11-8-10(15)4-5-12(11)22(19,20)17-14(9-16)6-2-3-7-14;/h4-5,8,17H,2-3,6-7,9,16H2,1H3;1H. The predicted octanol–water partition coefficient (Wildman–Crippen LogP) is 1.58. The van der Waals surface area contributed by atoms with Crippen LogP contribution in [0.15, 0.2) is 23.1 Å². The van der Waals surface area contributed by atoms with Crippen LogP contribution in [0.3, 0.4) is 0 Å². The Labute approximate surface area is 141 Å². The van der Waals surface area contributed by atoms with Crippen molar-refractivity contribution in [2.24, 2.45) is 5.73 Å². The van der Waals surface area contributed by atoms with Gasteiger partial charge < -0.3 is 10.5 Å². The van der Waals surface area contributed by atoms with E-state index in [1.54, 1.807) is 0 Å². The molecule has 130 valence electrons. The van der Waals surface area contributed by atoms with Gasteiger partial charge >= 0.3 is 5.97 Å². The highest BCUT2D eigenvalue weighted by molar-refractivity contribution is 7.89. The van der Waals surface area contributed by atoms with Crippen LogP contribution in [-0.4, -0.2) is 33.6 Å². The van der Waals surface area contributed by atoms with Crippen LogP contribution in [0.2, 0.25) is 0 Å². The van der Waals surface area contributed by atoms with Crippen LogP contribution in [0.25, 0.3) is 0 Å². The zero-order valence-electron chi connectivity index (χ0n) is 12.7. The van der Waals surface area contributed by atoms with Gasteiger partial charge in [0.05, 0.1) is 17.6 Å². The lowest BCUT2D eigenvalue weighted by Crippen LogP contribution is -2.51. The summed E-state index contributed by atoms with van der Waals surface area (Å²) in [5.74, 6) is -1.62. The number of hydrogen-bond acceptors (Lipinski definition) is 5. The number of benzene rings is 1. The van der Waals surface area contributed by atoms with Crippen molar-refractivity contribution >= 4 is 28.4 Å². The molecular weight excluding hydrogens is 347 g/mol. The second-order valence-electron chi connectivity index (χ2n) is 5.43. The monoisotopic (exact) mass is 366 g/mol. The molecule has 0 heterocycles. The Morgan fingerprint density at radius 1 is 1.39 bits per heavy atom. The molecule has 0 unspecified atom stereocenters. The van der Waals surface area contributed by atoms with Crippen molar-refractivity contribution in [3.05, 3.63) is 29.6 Å². The Morgan fingerprint density at radius 2 is 2.00 bits per heavy atom. The predicted molar refractivity (Wildman–Crippen MR) is 85.6 cm³/mol. The maximum absolute atomic E-state index is 13.3. The lowest BCUT2D eigenvalue weighted by Gasteiger charge is -2.28. The van der Waals surface area contributed by atoms with Gasteiger partial charge in [-0.2, -0.15) is 0 Å². The number of ether oxygens (including phenoxy) is 1. The van der Waals surface area contributed by atoms with Gasteiger partial charge in [0, 0.05) is 12.1 Å². The second-order valence-corrected chi connectivity index (χ2v) is 7.08. The van der Waals surface area contributed by atoms with E-state index >= 15 is 0 Å². The normalized spacial score (nSPS) is 16.7. The summed E-state index contributed by atoms with van der Waals surface area (Å²) in [6, 6.07) is 2.90. The molecule has 0 saturated heterocycles. The van der Waals surface area contributed by atoms with Crippen LogP contribution >= 0.6 is 12.4 Å². The molecule has 2 rings (SSSR count). The Hall–Kier alpha value is -1.22. The fourth-order valence-corrected chi connectivity index (χ4v) is 4.39. The van der Waals surface area contributed by atoms with Gasteiger partial charge in [-0.05, 0) is 31.0 Å². The van der Waals surface area contributed by atoms with Gasteiger partial charge in [-0.25, -0.2) is 22.3 Å². The Balaban J connectivity index is 0.00000264. The quantitative estimate of drug-likeness (QED) is 0.771. The number of carbonyl (C=O) groups excluding carboxylic acids is 1. The number of sulfonamides is 1. The summed E-state index contributed by atoms with van der Waals surface area (Å²) in [7, 11) is -2.91. The zero-order chi connectivity index (χ0) is 16.4. The molecule has 23 heavy (non-hydrogen) atoms. The molecular formula is C14H20ClFN2O4S. The summed E-state index contributed by atoms with van der Waals surface area (Å²) in [4.78, 5) is 11.4. The van der Waals surface area contributed by atoms with Crippen LogP contribution in [0.5, 0.6) is 0 Å². The molecule has 1 saturated carbocycles. The van der Waals surface area contributed by atoms with E-state index in [0.29, 0.717) is 12.8 Å². The minimum atomic E-state index is -4.01. The van der Waals surface area contributed by atoms with Gasteiger partial charge in [-0.3, -0.25) is 0 Å². The number of esters is 1.